The van der Waals surface area contributed by atoms with Gasteiger partial charge < -0.3 is 5.11 Å². The summed E-state index contributed by atoms with van der Waals surface area (Å²) in [6.45, 7) is 0. The largest absolute Gasteiger partial charge is 0.388 e. The molecule has 1 N–H and O–H groups in total. The van der Waals surface area contributed by atoms with Crippen molar-refractivity contribution in [3.63, 3.8) is 0 Å². The van der Waals surface area contributed by atoms with Crippen molar-refractivity contribution < 1.29 is 9.50 Å². The molecule has 0 saturated heterocycles. The van der Waals surface area contributed by atoms with E-state index in [1.807, 2.05) is 0 Å². The lowest BCUT2D eigenvalue weighted by molar-refractivity contribution is 0.115. The zero-order valence-electron chi connectivity index (χ0n) is 8.72. The summed E-state index contributed by atoms with van der Waals surface area (Å²) >= 11 is 8.93. The van der Waals surface area contributed by atoms with Crippen LogP contribution >= 0.6 is 27.5 Å². The summed E-state index contributed by atoms with van der Waals surface area (Å²) < 4.78 is 14.3. The van der Waals surface area contributed by atoms with E-state index >= 15 is 0 Å². The summed E-state index contributed by atoms with van der Waals surface area (Å²) in [4.78, 5) is 0. The van der Waals surface area contributed by atoms with E-state index in [0.717, 1.165) is 12.8 Å². The molecule has 1 aromatic carbocycles. The van der Waals surface area contributed by atoms with E-state index in [1.165, 1.54) is 6.42 Å². The van der Waals surface area contributed by atoms with Crippen LogP contribution in [0.4, 0.5) is 4.39 Å². The maximum atomic E-state index is 13.8. The molecule has 1 atom stereocenters. The molecule has 1 aliphatic carbocycles. The zero-order valence-corrected chi connectivity index (χ0v) is 11.1. The molecule has 0 spiro atoms. The number of rotatable bonds is 3. The van der Waals surface area contributed by atoms with Gasteiger partial charge in [-0.05, 0) is 34.3 Å². The summed E-state index contributed by atoms with van der Waals surface area (Å²) in [6.07, 6.45) is 3.40. The highest BCUT2D eigenvalue weighted by atomic mass is 79.9. The van der Waals surface area contributed by atoms with E-state index in [-0.39, 0.29) is 5.02 Å². The van der Waals surface area contributed by atoms with Gasteiger partial charge in [0.15, 0.2) is 0 Å². The Balaban J connectivity index is 2.15. The Bertz CT molecular complexity index is 393. The Morgan fingerprint density at radius 2 is 2.19 bits per heavy atom. The molecule has 2 rings (SSSR count). The normalized spacial score (nSPS) is 18.2. The lowest BCUT2D eigenvalue weighted by Gasteiger charge is -2.27. The highest BCUT2D eigenvalue weighted by Gasteiger charge is 2.24. The van der Waals surface area contributed by atoms with Gasteiger partial charge in [-0.25, -0.2) is 4.39 Å². The third-order valence-electron chi connectivity index (χ3n) is 3.21. The van der Waals surface area contributed by atoms with Crippen LogP contribution in [0.5, 0.6) is 0 Å². The fourth-order valence-corrected chi connectivity index (χ4v) is 2.45. The van der Waals surface area contributed by atoms with Crippen LogP contribution in [0.3, 0.4) is 0 Å². The van der Waals surface area contributed by atoms with Crippen LogP contribution in [0, 0.1) is 11.7 Å². The van der Waals surface area contributed by atoms with Gasteiger partial charge in [0.2, 0.25) is 0 Å². The first-order chi connectivity index (χ1) is 7.59. The van der Waals surface area contributed by atoms with Gasteiger partial charge in [0.1, 0.15) is 5.82 Å². The predicted molar refractivity (Wildman–Crippen MR) is 66.0 cm³/mol. The SMILES string of the molecule is OC(CC1CCC1)c1ccc(Br)c(Cl)c1F. The molecule has 0 bridgehead atoms. The molecule has 1 nitrogen and oxygen atoms in total. The highest BCUT2D eigenvalue weighted by Crippen LogP contribution is 2.37. The maximum absolute atomic E-state index is 13.8. The Labute approximate surface area is 108 Å². The van der Waals surface area contributed by atoms with Crippen molar-refractivity contribution in [1.82, 2.24) is 0 Å². The summed E-state index contributed by atoms with van der Waals surface area (Å²) in [5, 5.41) is 9.98. The Morgan fingerprint density at radius 1 is 1.50 bits per heavy atom. The minimum atomic E-state index is -0.740. The van der Waals surface area contributed by atoms with E-state index in [1.54, 1.807) is 12.1 Å². The summed E-state index contributed by atoms with van der Waals surface area (Å²) in [6, 6.07) is 3.26. The molecule has 0 radical (unpaired) electrons. The van der Waals surface area contributed by atoms with E-state index in [9.17, 15) is 9.50 Å². The Kier molecular flexibility index (Phi) is 3.88. The van der Waals surface area contributed by atoms with Crippen molar-refractivity contribution in [2.45, 2.75) is 31.8 Å². The van der Waals surface area contributed by atoms with Crippen LogP contribution in [-0.4, -0.2) is 5.11 Å². The van der Waals surface area contributed by atoms with Crippen molar-refractivity contribution >= 4 is 27.5 Å². The second kappa shape index (κ2) is 5.03. The Morgan fingerprint density at radius 3 is 2.75 bits per heavy atom. The molecular formula is C12H13BrClFO. The van der Waals surface area contributed by atoms with Gasteiger partial charge in [-0.2, -0.15) is 0 Å². The van der Waals surface area contributed by atoms with Crippen LogP contribution in [0.25, 0.3) is 0 Å². The first-order valence-corrected chi connectivity index (χ1v) is 6.58. The van der Waals surface area contributed by atoms with Crippen LogP contribution in [0.2, 0.25) is 5.02 Å². The molecule has 1 fully saturated rings. The number of aliphatic hydroxyl groups excluding tert-OH is 1. The van der Waals surface area contributed by atoms with Crippen molar-refractivity contribution in [3.8, 4) is 0 Å². The molecule has 1 unspecified atom stereocenters. The molecule has 0 amide bonds. The molecular weight excluding hydrogens is 294 g/mol. The third-order valence-corrected chi connectivity index (χ3v) is 4.46. The second-order valence-corrected chi connectivity index (χ2v) is 5.55. The van der Waals surface area contributed by atoms with Crippen LogP contribution < -0.4 is 0 Å². The average molecular weight is 308 g/mol. The molecule has 16 heavy (non-hydrogen) atoms. The van der Waals surface area contributed by atoms with E-state index in [0.29, 0.717) is 22.4 Å². The smallest absolute Gasteiger partial charge is 0.148 e. The number of halogens is 3. The third kappa shape index (κ3) is 2.41. The molecule has 1 aromatic rings. The zero-order chi connectivity index (χ0) is 11.7. The van der Waals surface area contributed by atoms with Crippen LogP contribution in [0.15, 0.2) is 16.6 Å². The fraction of sp³-hybridized carbons (Fsp3) is 0.500. The molecule has 0 aliphatic heterocycles. The first-order valence-electron chi connectivity index (χ1n) is 5.41. The summed E-state index contributed by atoms with van der Waals surface area (Å²) in [5.74, 6) is 0.0275. The average Bonchev–Trinajstić information content (AvgIpc) is 2.20. The van der Waals surface area contributed by atoms with Gasteiger partial charge in [-0.1, -0.05) is 36.9 Å². The standard InChI is InChI=1S/C12H13BrClFO/c13-9-5-4-8(12(15)11(9)14)10(16)6-7-2-1-3-7/h4-5,7,10,16H,1-3,6H2. The van der Waals surface area contributed by atoms with E-state index in [2.05, 4.69) is 15.9 Å². The number of benzene rings is 1. The quantitative estimate of drug-likeness (QED) is 0.817. The minimum Gasteiger partial charge on any atom is -0.388 e. The number of aliphatic hydroxyl groups is 1. The first kappa shape index (κ1) is 12.3. The predicted octanol–water partition coefficient (Wildman–Crippen LogP) is 4.47. The minimum absolute atomic E-state index is 0.0464. The fourth-order valence-electron chi connectivity index (χ4n) is 1.97. The Hall–Kier alpha value is -0.120. The second-order valence-electron chi connectivity index (χ2n) is 4.31. The molecule has 0 heterocycles. The number of hydrogen-bond acceptors (Lipinski definition) is 1. The monoisotopic (exact) mass is 306 g/mol. The lowest BCUT2D eigenvalue weighted by atomic mass is 9.80. The van der Waals surface area contributed by atoms with E-state index in [4.69, 9.17) is 11.6 Å². The summed E-state index contributed by atoms with van der Waals surface area (Å²) in [7, 11) is 0. The van der Waals surface area contributed by atoms with Crippen molar-refractivity contribution in [2.24, 2.45) is 5.92 Å². The topological polar surface area (TPSA) is 20.2 Å². The van der Waals surface area contributed by atoms with Crippen molar-refractivity contribution in [3.05, 3.63) is 33.0 Å². The molecule has 1 aliphatic rings. The molecule has 1 saturated carbocycles. The van der Waals surface area contributed by atoms with E-state index < -0.39 is 11.9 Å². The van der Waals surface area contributed by atoms with Crippen LogP contribution in [-0.2, 0) is 0 Å². The summed E-state index contributed by atoms with van der Waals surface area (Å²) in [5.41, 5.74) is 0.306. The van der Waals surface area contributed by atoms with Gasteiger partial charge in [-0.15, -0.1) is 0 Å². The lowest BCUT2D eigenvalue weighted by Crippen LogP contribution is -2.15. The maximum Gasteiger partial charge on any atom is 0.148 e. The molecule has 4 heteroatoms. The van der Waals surface area contributed by atoms with Gasteiger partial charge in [0.05, 0.1) is 11.1 Å². The van der Waals surface area contributed by atoms with Gasteiger partial charge in [-0.3, -0.25) is 0 Å². The number of hydrogen-bond donors (Lipinski definition) is 1. The van der Waals surface area contributed by atoms with Crippen LogP contribution in [0.1, 0.15) is 37.4 Å². The van der Waals surface area contributed by atoms with Gasteiger partial charge in [0, 0.05) is 10.0 Å². The van der Waals surface area contributed by atoms with Crippen molar-refractivity contribution in [2.75, 3.05) is 0 Å². The molecule has 0 aromatic heterocycles. The highest BCUT2D eigenvalue weighted by molar-refractivity contribution is 9.10. The van der Waals surface area contributed by atoms with Gasteiger partial charge in [0.25, 0.3) is 0 Å². The molecule has 88 valence electrons. The van der Waals surface area contributed by atoms with Crippen molar-refractivity contribution in [1.29, 1.82) is 0 Å². The van der Waals surface area contributed by atoms with Gasteiger partial charge >= 0.3 is 0 Å².